The fourth-order valence-corrected chi connectivity index (χ4v) is 4.15. The van der Waals surface area contributed by atoms with Crippen LogP contribution in [0.25, 0.3) is 0 Å². The summed E-state index contributed by atoms with van der Waals surface area (Å²) in [5.41, 5.74) is 2.38. The minimum absolute atomic E-state index is 0.146. The minimum Gasteiger partial charge on any atom is -0.454 e. The summed E-state index contributed by atoms with van der Waals surface area (Å²) in [6, 6.07) is 16.9. The fraction of sp³-hybridized carbons (Fsp3) is 0.409. The van der Waals surface area contributed by atoms with Crippen molar-refractivity contribution in [2.75, 3.05) is 33.1 Å². The summed E-state index contributed by atoms with van der Waals surface area (Å²) < 4.78 is 16.4. The number of rotatable bonds is 6. The first-order valence-corrected chi connectivity index (χ1v) is 10.4. The summed E-state index contributed by atoms with van der Waals surface area (Å²) in [6.07, 6.45) is 0. The Labute approximate surface area is 177 Å². The van der Waals surface area contributed by atoms with Gasteiger partial charge in [0, 0.05) is 25.7 Å². The molecule has 2 heterocycles. The predicted molar refractivity (Wildman–Crippen MR) is 116 cm³/mol. The maximum atomic E-state index is 5.58. The molecule has 0 bridgehead atoms. The topological polar surface area (TPSA) is 55.0 Å². The molecule has 0 spiro atoms. The van der Waals surface area contributed by atoms with Gasteiger partial charge in [-0.25, -0.2) is 0 Å². The molecule has 2 aliphatic rings. The maximum Gasteiger partial charge on any atom is 0.231 e. The number of thiocarbonyl (C=S) groups is 1. The third kappa shape index (κ3) is 4.98. The van der Waals surface area contributed by atoms with Gasteiger partial charge in [-0.1, -0.05) is 36.4 Å². The first-order chi connectivity index (χ1) is 14.2. The van der Waals surface area contributed by atoms with Gasteiger partial charge in [-0.2, -0.15) is 0 Å². The molecular formula is C22H27N3O3S. The van der Waals surface area contributed by atoms with E-state index >= 15 is 0 Å². The van der Waals surface area contributed by atoms with E-state index in [0.717, 1.165) is 43.4 Å². The second kappa shape index (κ2) is 9.43. The molecule has 0 saturated carbocycles. The van der Waals surface area contributed by atoms with Crippen LogP contribution in [0.2, 0.25) is 0 Å². The van der Waals surface area contributed by atoms with E-state index in [9.17, 15) is 0 Å². The van der Waals surface area contributed by atoms with Crippen molar-refractivity contribution in [1.82, 2.24) is 15.5 Å². The zero-order valence-electron chi connectivity index (χ0n) is 16.6. The molecule has 0 aromatic heterocycles. The van der Waals surface area contributed by atoms with E-state index in [0.29, 0.717) is 11.7 Å². The molecule has 4 rings (SSSR count). The molecule has 0 unspecified atom stereocenters. The number of nitrogens with zero attached hydrogens (tertiary/aromatic N) is 1. The van der Waals surface area contributed by atoms with Gasteiger partial charge in [0.05, 0.1) is 19.3 Å². The molecule has 2 aromatic rings. The van der Waals surface area contributed by atoms with Crippen molar-refractivity contribution in [3.63, 3.8) is 0 Å². The average Bonchev–Trinajstić information content (AvgIpc) is 3.22. The van der Waals surface area contributed by atoms with Crippen LogP contribution in [-0.4, -0.2) is 49.2 Å². The van der Waals surface area contributed by atoms with E-state index < -0.39 is 0 Å². The quantitative estimate of drug-likeness (QED) is 0.707. The van der Waals surface area contributed by atoms with Crippen LogP contribution in [0.3, 0.4) is 0 Å². The lowest BCUT2D eigenvalue weighted by Crippen LogP contribution is -2.50. The lowest BCUT2D eigenvalue weighted by atomic mass is 9.98. The molecule has 0 radical (unpaired) electrons. The number of ether oxygens (including phenoxy) is 3. The Hall–Kier alpha value is -2.35. The number of hydrogen-bond donors (Lipinski definition) is 2. The van der Waals surface area contributed by atoms with Gasteiger partial charge in [0.25, 0.3) is 0 Å². The predicted octanol–water partition coefficient (Wildman–Crippen LogP) is 2.84. The number of hydrogen-bond acceptors (Lipinski definition) is 5. The molecule has 7 heteroatoms. The van der Waals surface area contributed by atoms with Gasteiger partial charge in [0.15, 0.2) is 16.6 Å². The normalized spacial score (nSPS) is 18.1. The van der Waals surface area contributed by atoms with Gasteiger partial charge in [-0.05, 0) is 42.4 Å². The van der Waals surface area contributed by atoms with Crippen LogP contribution in [0.4, 0.5) is 0 Å². The molecule has 2 atom stereocenters. The highest BCUT2D eigenvalue weighted by Crippen LogP contribution is 2.32. The van der Waals surface area contributed by atoms with Crippen LogP contribution in [0.15, 0.2) is 48.5 Å². The molecule has 1 fully saturated rings. The molecule has 2 aromatic carbocycles. The molecule has 6 nitrogen and oxygen atoms in total. The van der Waals surface area contributed by atoms with Crippen molar-refractivity contribution in [3.05, 3.63) is 59.7 Å². The monoisotopic (exact) mass is 413 g/mol. The number of fused-ring (bicyclic) bond motifs is 1. The highest BCUT2D eigenvalue weighted by Gasteiger charge is 2.28. The Bertz CT molecular complexity index is 827. The van der Waals surface area contributed by atoms with E-state index in [1.54, 1.807) is 0 Å². The van der Waals surface area contributed by atoms with Gasteiger partial charge in [0.1, 0.15) is 0 Å². The third-order valence-electron chi connectivity index (χ3n) is 5.30. The summed E-state index contributed by atoms with van der Waals surface area (Å²) in [6.45, 7) is 6.47. The molecule has 154 valence electrons. The highest BCUT2D eigenvalue weighted by atomic mass is 32.1. The maximum absolute atomic E-state index is 5.58. The smallest absolute Gasteiger partial charge is 0.231 e. The van der Waals surface area contributed by atoms with Crippen LogP contribution in [0, 0.1) is 0 Å². The van der Waals surface area contributed by atoms with Crippen LogP contribution in [-0.2, 0) is 11.3 Å². The van der Waals surface area contributed by atoms with Gasteiger partial charge < -0.3 is 24.8 Å². The number of morpholine rings is 1. The number of benzene rings is 2. The summed E-state index contributed by atoms with van der Waals surface area (Å²) in [7, 11) is 0. The van der Waals surface area contributed by atoms with E-state index in [1.807, 2.05) is 18.2 Å². The van der Waals surface area contributed by atoms with E-state index in [-0.39, 0.29) is 18.9 Å². The third-order valence-corrected chi connectivity index (χ3v) is 5.56. The first kappa shape index (κ1) is 19.9. The molecule has 2 N–H and O–H groups in total. The van der Waals surface area contributed by atoms with E-state index in [2.05, 4.69) is 52.8 Å². The second-order valence-corrected chi connectivity index (χ2v) is 7.72. The van der Waals surface area contributed by atoms with Crippen molar-refractivity contribution in [1.29, 1.82) is 0 Å². The highest BCUT2D eigenvalue weighted by molar-refractivity contribution is 7.80. The van der Waals surface area contributed by atoms with Gasteiger partial charge in [0.2, 0.25) is 6.79 Å². The Morgan fingerprint density at radius 1 is 1.07 bits per heavy atom. The zero-order valence-corrected chi connectivity index (χ0v) is 17.4. The SMILES string of the molecule is C[C@H](NC(=S)NCc1ccc2c(c1)OCO2)[C@H](c1ccccc1)N1CCOCC1. The zero-order chi connectivity index (χ0) is 20.1. The fourth-order valence-electron chi connectivity index (χ4n) is 3.89. The Morgan fingerprint density at radius 2 is 1.83 bits per heavy atom. The van der Waals surface area contributed by atoms with E-state index in [4.69, 9.17) is 26.4 Å². The van der Waals surface area contributed by atoms with Crippen molar-refractivity contribution >= 4 is 17.3 Å². The van der Waals surface area contributed by atoms with Crippen LogP contribution in [0.5, 0.6) is 11.5 Å². The van der Waals surface area contributed by atoms with Gasteiger partial charge in [-0.15, -0.1) is 0 Å². The Balaban J connectivity index is 1.37. The van der Waals surface area contributed by atoms with Crippen LogP contribution < -0.4 is 20.1 Å². The lowest BCUT2D eigenvalue weighted by Gasteiger charge is -2.38. The molecule has 2 aliphatic heterocycles. The van der Waals surface area contributed by atoms with Crippen molar-refractivity contribution in [2.45, 2.75) is 25.6 Å². The number of nitrogens with one attached hydrogen (secondary N) is 2. The Morgan fingerprint density at radius 3 is 2.62 bits per heavy atom. The van der Waals surface area contributed by atoms with Gasteiger partial charge in [-0.3, -0.25) is 4.90 Å². The molecule has 1 saturated heterocycles. The lowest BCUT2D eigenvalue weighted by molar-refractivity contribution is 0.0102. The van der Waals surface area contributed by atoms with Crippen molar-refractivity contribution in [3.8, 4) is 11.5 Å². The van der Waals surface area contributed by atoms with E-state index in [1.165, 1.54) is 5.56 Å². The van der Waals surface area contributed by atoms with Crippen LogP contribution in [0.1, 0.15) is 24.1 Å². The summed E-state index contributed by atoms with van der Waals surface area (Å²) >= 11 is 5.58. The molecular weight excluding hydrogens is 386 g/mol. The second-order valence-electron chi connectivity index (χ2n) is 7.31. The Kier molecular flexibility index (Phi) is 6.49. The minimum atomic E-state index is 0.146. The van der Waals surface area contributed by atoms with Crippen molar-refractivity contribution < 1.29 is 14.2 Å². The summed E-state index contributed by atoms with van der Waals surface area (Å²) in [5.74, 6) is 1.58. The summed E-state index contributed by atoms with van der Waals surface area (Å²) in [5, 5.41) is 7.43. The largest absolute Gasteiger partial charge is 0.454 e. The standard InChI is InChI=1S/C22H27N3O3S/c1-16(21(18-5-3-2-4-6-18)25-9-11-26-12-10-25)24-22(29)23-14-17-7-8-19-20(13-17)28-15-27-19/h2-8,13,16,21H,9-12,14-15H2,1H3,(H2,23,24,29)/t16-,21+/m0/s1. The molecule has 29 heavy (non-hydrogen) atoms. The summed E-state index contributed by atoms with van der Waals surface area (Å²) in [4.78, 5) is 2.47. The first-order valence-electron chi connectivity index (χ1n) is 10.0. The molecule has 0 amide bonds. The van der Waals surface area contributed by atoms with Crippen LogP contribution >= 0.6 is 12.2 Å². The van der Waals surface area contributed by atoms with Gasteiger partial charge >= 0.3 is 0 Å². The molecule has 0 aliphatic carbocycles. The van der Waals surface area contributed by atoms with Crippen molar-refractivity contribution in [2.24, 2.45) is 0 Å². The average molecular weight is 414 g/mol.